The predicted molar refractivity (Wildman–Crippen MR) is 63.7 cm³/mol. The zero-order valence-corrected chi connectivity index (χ0v) is 9.37. The van der Waals surface area contributed by atoms with Crippen LogP contribution in [0.2, 0.25) is 5.02 Å². The highest BCUT2D eigenvalue weighted by Gasteiger charge is 2.12. The van der Waals surface area contributed by atoms with Crippen molar-refractivity contribution in [2.75, 3.05) is 0 Å². The SMILES string of the molecule is NC1CCC(=Cc2ccncc2Cl)CC1. The molecule has 0 radical (unpaired) electrons. The molecule has 1 fully saturated rings. The Morgan fingerprint density at radius 3 is 2.80 bits per heavy atom. The molecule has 0 bridgehead atoms. The minimum absolute atomic E-state index is 0.384. The van der Waals surface area contributed by atoms with Crippen LogP contribution >= 0.6 is 11.6 Å². The fraction of sp³-hybridized carbons (Fsp3) is 0.417. The number of hydrogen-bond acceptors (Lipinski definition) is 2. The van der Waals surface area contributed by atoms with Gasteiger partial charge in [0.1, 0.15) is 0 Å². The van der Waals surface area contributed by atoms with Crippen LogP contribution in [0.4, 0.5) is 0 Å². The molecule has 80 valence electrons. The van der Waals surface area contributed by atoms with E-state index in [0.717, 1.165) is 36.3 Å². The Labute approximate surface area is 95.2 Å². The van der Waals surface area contributed by atoms with E-state index in [9.17, 15) is 0 Å². The molecule has 1 aliphatic rings. The first-order valence-corrected chi connectivity index (χ1v) is 5.68. The van der Waals surface area contributed by atoms with E-state index in [1.165, 1.54) is 5.57 Å². The van der Waals surface area contributed by atoms with E-state index in [-0.39, 0.29) is 0 Å². The van der Waals surface area contributed by atoms with Gasteiger partial charge in [0.05, 0.1) is 5.02 Å². The van der Waals surface area contributed by atoms with E-state index in [1.807, 2.05) is 6.07 Å². The molecule has 0 atom stereocenters. The third-order valence-electron chi connectivity index (χ3n) is 2.84. The van der Waals surface area contributed by atoms with Gasteiger partial charge in [-0.2, -0.15) is 0 Å². The summed E-state index contributed by atoms with van der Waals surface area (Å²) in [4.78, 5) is 3.97. The quantitative estimate of drug-likeness (QED) is 0.794. The number of aromatic nitrogens is 1. The van der Waals surface area contributed by atoms with Crippen LogP contribution in [0.3, 0.4) is 0 Å². The van der Waals surface area contributed by atoms with Gasteiger partial charge in [-0.25, -0.2) is 0 Å². The minimum atomic E-state index is 0.384. The van der Waals surface area contributed by atoms with Crippen molar-refractivity contribution < 1.29 is 0 Å². The lowest BCUT2D eigenvalue weighted by Crippen LogP contribution is -2.23. The lowest BCUT2D eigenvalue weighted by molar-refractivity contribution is 0.514. The number of pyridine rings is 1. The average Bonchev–Trinajstić information content (AvgIpc) is 2.25. The summed E-state index contributed by atoms with van der Waals surface area (Å²) in [6.07, 6.45) is 10.0. The topological polar surface area (TPSA) is 38.9 Å². The Morgan fingerprint density at radius 2 is 2.13 bits per heavy atom. The summed E-state index contributed by atoms with van der Waals surface area (Å²) in [6.45, 7) is 0. The standard InChI is InChI=1S/C12H15ClN2/c13-12-8-15-6-5-10(12)7-9-1-3-11(14)4-2-9/h5-8,11H,1-4,14H2. The van der Waals surface area contributed by atoms with Crippen LogP contribution in [0.15, 0.2) is 24.0 Å². The number of rotatable bonds is 1. The second-order valence-electron chi connectivity index (χ2n) is 4.04. The van der Waals surface area contributed by atoms with E-state index < -0.39 is 0 Å². The van der Waals surface area contributed by atoms with Crippen LogP contribution in [0.5, 0.6) is 0 Å². The van der Waals surface area contributed by atoms with E-state index >= 15 is 0 Å². The molecule has 1 aliphatic carbocycles. The molecule has 0 aliphatic heterocycles. The first kappa shape index (κ1) is 10.7. The van der Waals surface area contributed by atoms with Crippen LogP contribution in [0, 0.1) is 0 Å². The van der Waals surface area contributed by atoms with Crippen LogP contribution in [0.1, 0.15) is 31.2 Å². The molecule has 2 N–H and O–H groups in total. The summed E-state index contributed by atoms with van der Waals surface area (Å²) < 4.78 is 0. The van der Waals surface area contributed by atoms with Crippen molar-refractivity contribution in [3.8, 4) is 0 Å². The van der Waals surface area contributed by atoms with Gasteiger partial charge in [0.25, 0.3) is 0 Å². The van der Waals surface area contributed by atoms with Gasteiger partial charge in [0.15, 0.2) is 0 Å². The molecule has 3 heteroatoms. The maximum Gasteiger partial charge on any atom is 0.0661 e. The van der Waals surface area contributed by atoms with Gasteiger partial charge in [-0.3, -0.25) is 4.98 Å². The van der Waals surface area contributed by atoms with Crippen LogP contribution < -0.4 is 5.73 Å². The first-order chi connectivity index (χ1) is 7.25. The molecule has 15 heavy (non-hydrogen) atoms. The Kier molecular flexibility index (Phi) is 3.39. The highest BCUT2D eigenvalue weighted by atomic mass is 35.5. The summed E-state index contributed by atoms with van der Waals surface area (Å²) in [7, 11) is 0. The van der Waals surface area contributed by atoms with Crippen LogP contribution in [-0.2, 0) is 0 Å². The van der Waals surface area contributed by atoms with Gasteiger partial charge >= 0.3 is 0 Å². The number of hydrogen-bond donors (Lipinski definition) is 1. The van der Waals surface area contributed by atoms with Crippen molar-refractivity contribution in [1.29, 1.82) is 0 Å². The predicted octanol–water partition coefficient (Wildman–Crippen LogP) is 3.02. The molecule has 2 rings (SSSR count). The van der Waals surface area contributed by atoms with Crippen molar-refractivity contribution >= 4 is 17.7 Å². The summed E-state index contributed by atoms with van der Waals surface area (Å²) in [6, 6.07) is 2.33. The molecule has 0 amide bonds. The van der Waals surface area contributed by atoms with E-state index in [0.29, 0.717) is 6.04 Å². The molecular formula is C12H15ClN2. The Morgan fingerprint density at radius 1 is 1.40 bits per heavy atom. The molecule has 1 heterocycles. The summed E-state index contributed by atoms with van der Waals surface area (Å²) in [5, 5.41) is 0.722. The summed E-state index contributed by atoms with van der Waals surface area (Å²) >= 11 is 6.04. The molecule has 0 spiro atoms. The molecule has 1 aromatic rings. The monoisotopic (exact) mass is 222 g/mol. The molecule has 0 unspecified atom stereocenters. The molecule has 0 aromatic carbocycles. The van der Waals surface area contributed by atoms with Crippen molar-refractivity contribution in [3.05, 3.63) is 34.6 Å². The Balaban J connectivity index is 2.13. The molecule has 0 saturated heterocycles. The fourth-order valence-corrected chi connectivity index (χ4v) is 2.05. The normalized spacial score (nSPS) is 21.5. The number of allylic oxidation sites excluding steroid dienone is 1. The number of halogens is 1. The van der Waals surface area contributed by atoms with Gasteiger partial charge in [-0.1, -0.05) is 23.3 Å². The third-order valence-corrected chi connectivity index (χ3v) is 3.15. The second-order valence-corrected chi connectivity index (χ2v) is 4.44. The van der Waals surface area contributed by atoms with Gasteiger partial charge in [-0.15, -0.1) is 0 Å². The van der Waals surface area contributed by atoms with Gasteiger partial charge < -0.3 is 5.73 Å². The molecule has 1 saturated carbocycles. The highest BCUT2D eigenvalue weighted by Crippen LogP contribution is 2.26. The lowest BCUT2D eigenvalue weighted by atomic mass is 9.90. The number of nitrogens with zero attached hydrogens (tertiary/aromatic N) is 1. The zero-order chi connectivity index (χ0) is 10.7. The largest absolute Gasteiger partial charge is 0.328 e. The van der Waals surface area contributed by atoms with Gasteiger partial charge in [0, 0.05) is 18.4 Å². The maximum atomic E-state index is 6.04. The third kappa shape index (κ3) is 2.80. The van der Waals surface area contributed by atoms with Crippen molar-refractivity contribution in [1.82, 2.24) is 4.98 Å². The molecular weight excluding hydrogens is 208 g/mol. The fourth-order valence-electron chi connectivity index (χ4n) is 1.88. The zero-order valence-electron chi connectivity index (χ0n) is 8.62. The Hall–Kier alpha value is -0.860. The van der Waals surface area contributed by atoms with Crippen molar-refractivity contribution in [3.63, 3.8) is 0 Å². The van der Waals surface area contributed by atoms with Crippen LogP contribution in [0.25, 0.3) is 6.08 Å². The van der Waals surface area contributed by atoms with Crippen molar-refractivity contribution in [2.45, 2.75) is 31.7 Å². The van der Waals surface area contributed by atoms with E-state index in [1.54, 1.807) is 12.4 Å². The van der Waals surface area contributed by atoms with Crippen molar-refractivity contribution in [2.24, 2.45) is 5.73 Å². The smallest absolute Gasteiger partial charge is 0.0661 e. The summed E-state index contributed by atoms with van der Waals surface area (Å²) in [5.41, 5.74) is 8.37. The second kappa shape index (κ2) is 4.77. The molecule has 2 nitrogen and oxygen atoms in total. The van der Waals surface area contributed by atoms with Crippen LogP contribution in [-0.4, -0.2) is 11.0 Å². The average molecular weight is 223 g/mol. The van der Waals surface area contributed by atoms with E-state index in [4.69, 9.17) is 17.3 Å². The van der Waals surface area contributed by atoms with Gasteiger partial charge in [0.2, 0.25) is 0 Å². The highest BCUT2D eigenvalue weighted by molar-refractivity contribution is 6.31. The van der Waals surface area contributed by atoms with E-state index in [2.05, 4.69) is 11.1 Å². The maximum absolute atomic E-state index is 6.04. The lowest BCUT2D eigenvalue weighted by Gasteiger charge is -2.20. The van der Waals surface area contributed by atoms with Gasteiger partial charge in [-0.05, 0) is 37.3 Å². The molecule has 1 aromatic heterocycles. The first-order valence-electron chi connectivity index (χ1n) is 5.30. The Bertz CT molecular complexity index is 364. The summed E-state index contributed by atoms with van der Waals surface area (Å²) in [5.74, 6) is 0. The minimum Gasteiger partial charge on any atom is -0.328 e. The number of nitrogens with two attached hydrogens (primary N) is 1.